The van der Waals surface area contributed by atoms with Gasteiger partial charge in [0, 0.05) is 21.5 Å². The highest BCUT2D eigenvalue weighted by Crippen LogP contribution is 2.37. The van der Waals surface area contributed by atoms with Gasteiger partial charge in [-0.25, -0.2) is 0 Å². The number of para-hydroxylation sites is 1. The van der Waals surface area contributed by atoms with Gasteiger partial charge in [-0.2, -0.15) is 0 Å². The van der Waals surface area contributed by atoms with Crippen molar-refractivity contribution in [3.8, 4) is 0 Å². The molecular weight excluding hydrogens is 280 g/mol. The van der Waals surface area contributed by atoms with E-state index in [0.29, 0.717) is 0 Å². The number of carbonyl (C=O) groups excluding carboxylic acids is 1. The lowest BCUT2D eigenvalue weighted by Gasteiger charge is -2.40. The third-order valence-electron chi connectivity index (χ3n) is 4.06. The van der Waals surface area contributed by atoms with E-state index in [2.05, 4.69) is 38.2 Å². The number of hydrogen-bond donors (Lipinski definition) is 1. The molecule has 1 aliphatic heterocycles. The van der Waals surface area contributed by atoms with Crippen LogP contribution in [0.1, 0.15) is 46.5 Å². The van der Waals surface area contributed by atoms with Gasteiger partial charge in [-0.05, 0) is 44.5 Å². The molecule has 0 unspecified atom stereocenters. The second-order valence-corrected chi connectivity index (χ2v) is 6.83. The van der Waals surface area contributed by atoms with Crippen molar-refractivity contribution in [2.24, 2.45) is 0 Å². The smallest absolute Gasteiger partial charge is 0.258 e. The summed E-state index contributed by atoms with van der Waals surface area (Å²) in [4.78, 5) is 17.3. The molecule has 3 rings (SSSR count). The van der Waals surface area contributed by atoms with Crippen molar-refractivity contribution >= 4 is 22.9 Å². The van der Waals surface area contributed by atoms with Gasteiger partial charge in [0.1, 0.15) is 6.17 Å². The molecule has 4 heteroatoms. The monoisotopic (exact) mass is 300 g/mol. The maximum absolute atomic E-state index is 12.9. The summed E-state index contributed by atoms with van der Waals surface area (Å²) in [7, 11) is 0. The zero-order chi connectivity index (χ0) is 15.0. The van der Waals surface area contributed by atoms with Crippen LogP contribution in [-0.2, 0) is 0 Å². The van der Waals surface area contributed by atoms with Crippen molar-refractivity contribution in [1.82, 2.24) is 4.90 Å². The number of anilines is 1. The zero-order valence-corrected chi connectivity index (χ0v) is 13.4. The lowest BCUT2D eigenvalue weighted by Crippen LogP contribution is -2.47. The summed E-state index contributed by atoms with van der Waals surface area (Å²) in [6, 6.07) is 12.2. The number of nitrogens with one attached hydrogen (secondary N) is 1. The lowest BCUT2D eigenvalue weighted by molar-refractivity contribution is 0.0597. The molecule has 2 atom stereocenters. The molecule has 1 amide bonds. The van der Waals surface area contributed by atoms with Crippen molar-refractivity contribution < 1.29 is 4.79 Å². The second-order valence-electron chi connectivity index (χ2n) is 5.51. The number of thiophene rings is 1. The molecule has 2 heterocycles. The van der Waals surface area contributed by atoms with E-state index in [1.54, 1.807) is 11.3 Å². The van der Waals surface area contributed by atoms with Gasteiger partial charge in [0.05, 0.1) is 5.56 Å². The molecule has 0 radical (unpaired) electrons. The van der Waals surface area contributed by atoms with Crippen molar-refractivity contribution in [3.63, 3.8) is 0 Å². The average Bonchev–Trinajstić information content (AvgIpc) is 2.93. The Morgan fingerprint density at radius 3 is 2.71 bits per heavy atom. The lowest BCUT2D eigenvalue weighted by atomic mass is 10.0. The molecule has 0 saturated carbocycles. The Hall–Kier alpha value is -1.81. The molecule has 2 aromatic rings. The van der Waals surface area contributed by atoms with Crippen molar-refractivity contribution in [2.75, 3.05) is 5.32 Å². The molecule has 1 aromatic carbocycles. The fourth-order valence-corrected chi connectivity index (χ4v) is 3.66. The van der Waals surface area contributed by atoms with E-state index < -0.39 is 0 Å². The van der Waals surface area contributed by atoms with Gasteiger partial charge in [0.2, 0.25) is 0 Å². The van der Waals surface area contributed by atoms with Crippen LogP contribution in [0.5, 0.6) is 0 Å². The summed E-state index contributed by atoms with van der Waals surface area (Å²) in [5.74, 6) is 0.120. The summed E-state index contributed by atoms with van der Waals surface area (Å²) >= 11 is 1.75. The van der Waals surface area contributed by atoms with Crippen molar-refractivity contribution in [3.05, 3.63) is 51.7 Å². The van der Waals surface area contributed by atoms with Crippen LogP contribution in [0.3, 0.4) is 0 Å². The SMILES string of the molecule is CC[C@@H](C)N1C(=O)c2ccccc2N[C@@H]1c1ccc(C)s1. The van der Waals surface area contributed by atoms with E-state index in [1.807, 2.05) is 29.2 Å². The summed E-state index contributed by atoms with van der Waals surface area (Å²) in [5.41, 5.74) is 1.69. The van der Waals surface area contributed by atoms with E-state index in [0.717, 1.165) is 17.7 Å². The van der Waals surface area contributed by atoms with E-state index in [-0.39, 0.29) is 18.1 Å². The molecule has 1 aromatic heterocycles. The Morgan fingerprint density at radius 1 is 1.29 bits per heavy atom. The Kier molecular flexibility index (Phi) is 3.72. The third-order valence-corrected chi connectivity index (χ3v) is 5.11. The number of amides is 1. The maximum Gasteiger partial charge on any atom is 0.258 e. The summed E-state index contributed by atoms with van der Waals surface area (Å²) in [5, 5.41) is 3.54. The number of hydrogen-bond acceptors (Lipinski definition) is 3. The fraction of sp³-hybridized carbons (Fsp3) is 0.353. The van der Waals surface area contributed by atoms with Gasteiger partial charge in [0.25, 0.3) is 5.91 Å². The number of aryl methyl sites for hydroxylation is 1. The first-order valence-corrected chi connectivity index (χ1v) is 8.18. The molecular formula is C17H20N2OS. The van der Waals surface area contributed by atoms with Crippen LogP contribution in [-0.4, -0.2) is 16.8 Å². The Morgan fingerprint density at radius 2 is 2.05 bits per heavy atom. The molecule has 3 nitrogen and oxygen atoms in total. The van der Waals surface area contributed by atoms with Gasteiger partial charge < -0.3 is 10.2 Å². The Labute approximate surface area is 129 Å². The number of nitrogens with zero attached hydrogens (tertiary/aromatic N) is 1. The van der Waals surface area contributed by atoms with Gasteiger partial charge in [0.15, 0.2) is 0 Å². The fourth-order valence-electron chi connectivity index (χ4n) is 2.73. The summed E-state index contributed by atoms with van der Waals surface area (Å²) < 4.78 is 0. The van der Waals surface area contributed by atoms with E-state index in [4.69, 9.17) is 0 Å². The minimum Gasteiger partial charge on any atom is -0.360 e. The molecule has 0 aliphatic carbocycles. The van der Waals surface area contributed by atoms with Crippen LogP contribution in [0.2, 0.25) is 0 Å². The Bertz CT molecular complexity index is 664. The molecule has 0 spiro atoms. The van der Waals surface area contributed by atoms with Crippen molar-refractivity contribution in [1.29, 1.82) is 0 Å². The van der Waals surface area contributed by atoms with Crippen LogP contribution in [0.4, 0.5) is 5.69 Å². The average molecular weight is 300 g/mol. The van der Waals surface area contributed by atoms with Gasteiger partial charge in [-0.1, -0.05) is 19.1 Å². The minimum atomic E-state index is -0.0685. The first-order valence-electron chi connectivity index (χ1n) is 7.36. The molecule has 1 N–H and O–H groups in total. The van der Waals surface area contributed by atoms with Crippen LogP contribution in [0.15, 0.2) is 36.4 Å². The number of rotatable bonds is 3. The minimum absolute atomic E-state index is 0.0685. The van der Waals surface area contributed by atoms with E-state index in [9.17, 15) is 4.79 Å². The largest absolute Gasteiger partial charge is 0.360 e. The number of benzene rings is 1. The summed E-state index contributed by atoms with van der Waals surface area (Å²) in [6.07, 6.45) is 0.872. The first-order chi connectivity index (χ1) is 10.1. The molecule has 0 fully saturated rings. The highest BCUT2D eigenvalue weighted by molar-refractivity contribution is 7.12. The van der Waals surface area contributed by atoms with E-state index >= 15 is 0 Å². The number of carbonyl (C=O) groups is 1. The van der Waals surface area contributed by atoms with E-state index in [1.165, 1.54) is 9.75 Å². The van der Waals surface area contributed by atoms with Gasteiger partial charge in [-0.3, -0.25) is 4.79 Å². The topological polar surface area (TPSA) is 32.3 Å². The predicted octanol–water partition coefficient (Wildman–Crippen LogP) is 4.42. The van der Waals surface area contributed by atoms with Crippen LogP contribution < -0.4 is 5.32 Å². The summed E-state index contributed by atoms with van der Waals surface area (Å²) in [6.45, 7) is 6.33. The highest BCUT2D eigenvalue weighted by Gasteiger charge is 2.35. The van der Waals surface area contributed by atoms with Crippen molar-refractivity contribution in [2.45, 2.75) is 39.4 Å². The highest BCUT2D eigenvalue weighted by atomic mass is 32.1. The maximum atomic E-state index is 12.9. The zero-order valence-electron chi connectivity index (χ0n) is 12.6. The molecule has 0 saturated heterocycles. The van der Waals surface area contributed by atoms with Crippen LogP contribution in [0.25, 0.3) is 0 Å². The quantitative estimate of drug-likeness (QED) is 0.910. The molecule has 1 aliphatic rings. The first kappa shape index (κ1) is 14.1. The normalized spacial score (nSPS) is 19.1. The standard InChI is InChI=1S/C17H20N2OS/c1-4-11(2)19-16(15-10-9-12(3)21-15)18-14-8-6-5-7-13(14)17(19)20/h5-11,16,18H,4H2,1-3H3/t11-,16+/m1/s1. The molecule has 110 valence electrons. The van der Waals surface area contributed by atoms with Crippen LogP contribution >= 0.6 is 11.3 Å². The van der Waals surface area contributed by atoms with Gasteiger partial charge >= 0.3 is 0 Å². The Balaban J connectivity index is 2.07. The van der Waals surface area contributed by atoms with Gasteiger partial charge in [-0.15, -0.1) is 11.3 Å². The van der Waals surface area contributed by atoms with Crippen LogP contribution in [0, 0.1) is 6.92 Å². The predicted molar refractivity (Wildman–Crippen MR) is 87.8 cm³/mol. The number of fused-ring (bicyclic) bond motifs is 1. The molecule has 0 bridgehead atoms. The third kappa shape index (κ3) is 2.44. The molecule has 21 heavy (non-hydrogen) atoms. The second kappa shape index (κ2) is 5.53.